The van der Waals surface area contributed by atoms with Crippen molar-refractivity contribution in [2.45, 2.75) is 0 Å². The van der Waals surface area contributed by atoms with Crippen molar-refractivity contribution in [3.05, 3.63) is 72.8 Å². The fourth-order valence-corrected chi connectivity index (χ4v) is 2.85. The Hall–Kier alpha value is -3.27. The zero-order valence-corrected chi connectivity index (χ0v) is 13.3. The first-order chi connectivity index (χ1) is 11.8. The molecule has 4 rings (SSSR count). The lowest BCUT2D eigenvalue weighted by molar-refractivity contribution is 0.415. The Morgan fingerprint density at radius 3 is 2.38 bits per heavy atom. The molecule has 0 aliphatic carbocycles. The summed E-state index contributed by atoms with van der Waals surface area (Å²) in [7, 11) is 1.67. The van der Waals surface area contributed by atoms with Crippen LogP contribution >= 0.6 is 0 Å². The van der Waals surface area contributed by atoms with Crippen molar-refractivity contribution in [2.75, 3.05) is 12.8 Å². The van der Waals surface area contributed by atoms with Gasteiger partial charge in [0.2, 0.25) is 0 Å². The number of methoxy groups -OCH3 is 1. The number of nitrogens with zero attached hydrogens (tertiary/aromatic N) is 2. The van der Waals surface area contributed by atoms with E-state index in [0.717, 1.165) is 39.3 Å². The molecule has 0 saturated carbocycles. The van der Waals surface area contributed by atoms with Crippen LogP contribution in [0.5, 0.6) is 5.75 Å². The van der Waals surface area contributed by atoms with Gasteiger partial charge in [-0.1, -0.05) is 30.3 Å². The third-order valence-corrected chi connectivity index (χ3v) is 4.07. The van der Waals surface area contributed by atoms with Gasteiger partial charge >= 0.3 is 0 Å². The summed E-state index contributed by atoms with van der Waals surface area (Å²) < 4.78 is 7.33. The maximum atomic E-state index is 5.81. The summed E-state index contributed by atoms with van der Waals surface area (Å²) in [5.74, 6) is 0.816. The number of nitrogen functional groups attached to an aromatic ring is 1. The van der Waals surface area contributed by atoms with Gasteiger partial charge in [0.05, 0.1) is 18.3 Å². The average Bonchev–Trinajstić information content (AvgIpc) is 3.02. The standard InChI is InChI=1S/C20H17N3O/c1-24-17-11-12-19-18(13-17)20(14-5-3-2-4-6-14)22-23(19)16-9-7-15(21)8-10-16/h2-13H,21H2,1H3. The summed E-state index contributed by atoms with van der Waals surface area (Å²) in [6.07, 6.45) is 0. The predicted octanol–water partition coefficient (Wildman–Crippen LogP) is 4.28. The van der Waals surface area contributed by atoms with Crippen LogP contribution in [0.2, 0.25) is 0 Å². The highest BCUT2D eigenvalue weighted by molar-refractivity contribution is 5.95. The van der Waals surface area contributed by atoms with Gasteiger partial charge in [-0.15, -0.1) is 0 Å². The summed E-state index contributed by atoms with van der Waals surface area (Å²) >= 11 is 0. The first-order valence-corrected chi connectivity index (χ1v) is 7.74. The fraction of sp³-hybridized carbons (Fsp3) is 0.0500. The molecular formula is C20H17N3O. The number of aromatic nitrogens is 2. The van der Waals surface area contributed by atoms with Crippen LogP contribution < -0.4 is 10.5 Å². The molecule has 118 valence electrons. The Bertz CT molecular complexity index is 989. The molecule has 0 fully saturated rings. The number of hydrogen-bond donors (Lipinski definition) is 1. The normalized spacial score (nSPS) is 10.9. The fourth-order valence-electron chi connectivity index (χ4n) is 2.85. The van der Waals surface area contributed by atoms with Crippen LogP contribution in [-0.4, -0.2) is 16.9 Å². The molecule has 0 bridgehead atoms. The third-order valence-electron chi connectivity index (χ3n) is 4.07. The SMILES string of the molecule is COc1ccc2c(c1)c(-c1ccccc1)nn2-c1ccc(N)cc1. The number of rotatable bonds is 3. The minimum Gasteiger partial charge on any atom is -0.497 e. The molecule has 3 aromatic carbocycles. The molecule has 4 heteroatoms. The lowest BCUT2D eigenvalue weighted by Crippen LogP contribution is -1.97. The quantitative estimate of drug-likeness (QED) is 0.574. The first-order valence-electron chi connectivity index (χ1n) is 7.74. The molecule has 0 spiro atoms. The molecule has 0 atom stereocenters. The second-order valence-electron chi connectivity index (χ2n) is 5.60. The van der Waals surface area contributed by atoms with Crippen LogP contribution in [0.3, 0.4) is 0 Å². The summed E-state index contributed by atoms with van der Waals surface area (Å²) in [5, 5.41) is 5.91. The number of nitrogens with two attached hydrogens (primary N) is 1. The lowest BCUT2D eigenvalue weighted by atomic mass is 10.1. The summed E-state index contributed by atoms with van der Waals surface area (Å²) in [6, 6.07) is 23.9. The highest BCUT2D eigenvalue weighted by Crippen LogP contribution is 2.32. The van der Waals surface area contributed by atoms with Crippen LogP contribution in [0.25, 0.3) is 27.8 Å². The second kappa shape index (κ2) is 5.74. The first kappa shape index (κ1) is 14.3. The van der Waals surface area contributed by atoms with Gasteiger partial charge in [0.15, 0.2) is 0 Å². The van der Waals surface area contributed by atoms with Crippen LogP contribution in [0.4, 0.5) is 5.69 Å². The highest BCUT2D eigenvalue weighted by Gasteiger charge is 2.14. The number of anilines is 1. The topological polar surface area (TPSA) is 53.1 Å². The van der Waals surface area contributed by atoms with E-state index in [2.05, 4.69) is 12.1 Å². The predicted molar refractivity (Wildman–Crippen MR) is 97.5 cm³/mol. The average molecular weight is 315 g/mol. The maximum absolute atomic E-state index is 5.81. The lowest BCUT2D eigenvalue weighted by Gasteiger charge is -2.04. The van der Waals surface area contributed by atoms with Crippen LogP contribution in [0.15, 0.2) is 72.8 Å². The van der Waals surface area contributed by atoms with Gasteiger partial charge in [-0.05, 0) is 42.5 Å². The highest BCUT2D eigenvalue weighted by atomic mass is 16.5. The minimum atomic E-state index is 0.736. The zero-order chi connectivity index (χ0) is 16.5. The summed E-state index contributed by atoms with van der Waals surface area (Å²) in [4.78, 5) is 0. The number of hydrogen-bond acceptors (Lipinski definition) is 3. The third kappa shape index (κ3) is 2.38. The molecule has 24 heavy (non-hydrogen) atoms. The molecule has 4 aromatic rings. The van der Waals surface area contributed by atoms with E-state index in [-0.39, 0.29) is 0 Å². The monoisotopic (exact) mass is 315 g/mol. The van der Waals surface area contributed by atoms with E-state index >= 15 is 0 Å². The molecule has 0 aliphatic rings. The number of benzene rings is 3. The van der Waals surface area contributed by atoms with Gasteiger partial charge in [0, 0.05) is 16.6 Å². The van der Waals surface area contributed by atoms with E-state index < -0.39 is 0 Å². The van der Waals surface area contributed by atoms with E-state index in [4.69, 9.17) is 15.6 Å². The minimum absolute atomic E-state index is 0.736. The van der Waals surface area contributed by atoms with Crippen molar-refractivity contribution in [3.63, 3.8) is 0 Å². The molecular weight excluding hydrogens is 298 g/mol. The molecule has 0 amide bonds. The number of ether oxygens (including phenoxy) is 1. The summed E-state index contributed by atoms with van der Waals surface area (Å²) in [5.41, 5.74) is 10.5. The van der Waals surface area contributed by atoms with Crippen LogP contribution in [0.1, 0.15) is 0 Å². The molecule has 1 aromatic heterocycles. The van der Waals surface area contributed by atoms with E-state index in [1.54, 1.807) is 7.11 Å². The van der Waals surface area contributed by atoms with Crippen molar-refractivity contribution in [3.8, 4) is 22.7 Å². The Kier molecular flexibility index (Phi) is 3.43. The van der Waals surface area contributed by atoms with Crippen LogP contribution in [-0.2, 0) is 0 Å². The van der Waals surface area contributed by atoms with Gasteiger partial charge in [0.1, 0.15) is 11.4 Å². The van der Waals surface area contributed by atoms with Gasteiger partial charge < -0.3 is 10.5 Å². The van der Waals surface area contributed by atoms with Crippen LogP contribution in [0, 0.1) is 0 Å². The van der Waals surface area contributed by atoms with Gasteiger partial charge in [-0.25, -0.2) is 4.68 Å². The van der Waals surface area contributed by atoms with Gasteiger partial charge in [0.25, 0.3) is 0 Å². The van der Waals surface area contributed by atoms with Crippen molar-refractivity contribution in [1.82, 2.24) is 9.78 Å². The maximum Gasteiger partial charge on any atom is 0.119 e. The molecule has 0 saturated heterocycles. The van der Waals surface area contributed by atoms with Gasteiger partial charge in [-0.2, -0.15) is 5.10 Å². The van der Waals surface area contributed by atoms with Crippen molar-refractivity contribution in [2.24, 2.45) is 0 Å². The Morgan fingerprint density at radius 1 is 0.917 bits per heavy atom. The van der Waals surface area contributed by atoms with Crippen molar-refractivity contribution < 1.29 is 4.74 Å². The van der Waals surface area contributed by atoms with E-state index in [1.807, 2.05) is 65.3 Å². The van der Waals surface area contributed by atoms with E-state index in [0.29, 0.717) is 0 Å². The molecule has 2 N–H and O–H groups in total. The van der Waals surface area contributed by atoms with Crippen molar-refractivity contribution in [1.29, 1.82) is 0 Å². The molecule has 0 aliphatic heterocycles. The molecule has 4 nitrogen and oxygen atoms in total. The Labute approximate surface area is 140 Å². The van der Waals surface area contributed by atoms with Crippen molar-refractivity contribution >= 4 is 16.6 Å². The largest absolute Gasteiger partial charge is 0.497 e. The zero-order valence-electron chi connectivity index (χ0n) is 13.3. The Morgan fingerprint density at radius 2 is 1.67 bits per heavy atom. The van der Waals surface area contributed by atoms with E-state index in [9.17, 15) is 0 Å². The molecule has 0 unspecified atom stereocenters. The molecule has 0 radical (unpaired) electrons. The van der Waals surface area contributed by atoms with Gasteiger partial charge in [-0.3, -0.25) is 0 Å². The molecule has 1 heterocycles. The smallest absolute Gasteiger partial charge is 0.119 e. The summed E-state index contributed by atoms with van der Waals surface area (Å²) in [6.45, 7) is 0. The van der Waals surface area contributed by atoms with E-state index in [1.165, 1.54) is 0 Å². The number of fused-ring (bicyclic) bond motifs is 1. The second-order valence-corrected chi connectivity index (χ2v) is 5.60. The Balaban J connectivity index is 2.00.